The van der Waals surface area contributed by atoms with Crippen LogP contribution in [0.4, 0.5) is 26.9 Å². The summed E-state index contributed by atoms with van der Waals surface area (Å²) in [6, 6.07) is 6.68. The number of nitrogens with one attached hydrogen (secondary N) is 2. The number of fused-ring (bicyclic) bond motifs is 1. The molecule has 3 aromatic heterocycles. The van der Waals surface area contributed by atoms with E-state index in [1.165, 1.54) is 10.9 Å². The lowest BCUT2D eigenvalue weighted by Crippen LogP contribution is -2.50. The lowest BCUT2D eigenvalue weighted by Gasteiger charge is -2.36. The Morgan fingerprint density at radius 2 is 1.82 bits per heavy atom. The molecule has 4 amide bonds. The van der Waals surface area contributed by atoms with Gasteiger partial charge in [-0.25, -0.2) is 19.1 Å². The van der Waals surface area contributed by atoms with Crippen LogP contribution in [-0.4, -0.2) is 123 Å². The fourth-order valence-electron chi connectivity index (χ4n) is 5.99. The van der Waals surface area contributed by atoms with Crippen molar-refractivity contribution in [3.8, 4) is 6.07 Å². The highest BCUT2D eigenvalue weighted by atomic mass is 16.6. The van der Waals surface area contributed by atoms with Crippen molar-refractivity contribution in [3.05, 3.63) is 36.9 Å². The van der Waals surface area contributed by atoms with E-state index >= 15 is 0 Å². The predicted octanol–water partition coefficient (Wildman–Crippen LogP) is 2.82. The molecular weight excluding hydrogens is 642 g/mol. The minimum absolute atomic E-state index is 0.0533. The van der Waals surface area contributed by atoms with E-state index in [1.807, 2.05) is 50.7 Å². The van der Waals surface area contributed by atoms with Gasteiger partial charge in [-0.15, -0.1) is 0 Å². The van der Waals surface area contributed by atoms with E-state index in [0.717, 1.165) is 12.1 Å². The highest BCUT2D eigenvalue weighted by molar-refractivity contribution is 5.97. The van der Waals surface area contributed by atoms with E-state index in [0.29, 0.717) is 67.9 Å². The number of hydrogen-bond acceptors (Lipinski definition) is 10. The van der Waals surface area contributed by atoms with Crippen LogP contribution in [0.2, 0.25) is 0 Å². The van der Waals surface area contributed by atoms with E-state index in [2.05, 4.69) is 37.4 Å². The molecule has 50 heavy (non-hydrogen) atoms. The highest BCUT2D eigenvalue weighted by Gasteiger charge is 2.30. The van der Waals surface area contributed by atoms with Crippen molar-refractivity contribution < 1.29 is 28.5 Å². The van der Waals surface area contributed by atoms with E-state index < -0.39 is 17.5 Å². The summed E-state index contributed by atoms with van der Waals surface area (Å²) < 4.78 is 8.66. The average molecular weight is 687 g/mol. The number of aromatic nitrogens is 4. The minimum Gasteiger partial charge on any atom is -0.444 e. The first-order chi connectivity index (χ1) is 23.8. The lowest BCUT2D eigenvalue weighted by molar-refractivity contribution is -0.405. The van der Waals surface area contributed by atoms with Gasteiger partial charge in [-0.2, -0.15) is 10.2 Å². The first kappa shape index (κ1) is 35.7. The normalized spacial score (nSPS) is 18.4. The third kappa shape index (κ3) is 8.70. The van der Waals surface area contributed by atoms with Crippen LogP contribution < -0.4 is 15.5 Å². The molecule has 0 saturated carbocycles. The number of piperazine rings is 1. The maximum Gasteiger partial charge on any atom is 0.410 e. The highest BCUT2D eigenvalue weighted by Crippen LogP contribution is 2.26. The van der Waals surface area contributed by atoms with Crippen molar-refractivity contribution in [2.24, 2.45) is 11.8 Å². The summed E-state index contributed by atoms with van der Waals surface area (Å²) in [5.74, 6) is 0.690. The van der Waals surface area contributed by atoms with E-state index in [9.17, 15) is 19.2 Å². The molecule has 2 atom stereocenters. The van der Waals surface area contributed by atoms with E-state index in [1.54, 1.807) is 34.3 Å². The number of rotatable bonds is 7. The molecule has 5 rings (SSSR count). The number of amides is 4. The number of likely N-dealkylation sites (tertiary alicyclic amines) is 1. The van der Waals surface area contributed by atoms with Gasteiger partial charge in [0.05, 0.1) is 37.8 Å². The Morgan fingerprint density at radius 3 is 2.50 bits per heavy atom. The summed E-state index contributed by atoms with van der Waals surface area (Å²) in [5, 5.41) is 14.9. The van der Waals surface area contributed by atoms with Crippen LogP contribution in [0, 0.1) is 23.2 Å². The molecule has 1 unspecified atom stereocenters. The van der Waals surface area contributed by atoms with Crippen LogP contribution in [0.25, 0.3) is 11.0 Å². The zero-order valence-electron chi connectivity index (χ0n) is 29.1. The fourth-order valence-corrected chi connectivity index (χ4v) is 5.99. The molecule has 0 bridgehead atoms. The summed E-state index contributed by atoms with van der Waals surface area (Å²) in [5.41, 5.74) is 0.696. The number of carbonyl (C=O) groups excluding carboxylic acids is 4. The zero-order chi connectivity index (χ0) is 36.0. The van der Waals surface area contributed by atoms with Gasteiger partial charge in [-0.1, -0.05) is 6.92 Å². The maximum absolute atomic E-state index is 13.1. The molecule has 3 aromatic rings. The van der Waals surface area contributed by atoms with Crippen LogP contribution in [0.5, 0.6) is 0 Å². The van der Waals surface area contributed by atoms with Gasteiger partial charge in [-0.3, -0.25) is 14.2 Å². The van der Waals surface area contributed by atoms with Crippen LogP contribution in [0.15, 0.2) is 36.9 Å². The minimum atomic E-state index is -0.545. The largest absolute Gasteiger partial charge is 0.444 e. The van der Waals surface area contributed by atoms with Crippen molar-refractivity contribution in [2.75, 3.05) is 63.1 Å². The Hall–Kier alpha value is -5.59. The Bertz CT molecular complexity index is 1800. The Labute approximate surface area is 290 Å². The molecule has 2 fully saturated rings. The van der Waals surface area contributed by atoms with Crippen molar-refractivity contribution in [3.63, 3.8) is 0 Å². The third-order valence-corrected chi connectivity index (χ3v) is 8.74. The first-order valence-corrected chi connectivity index (χ1v) is 16.6. The Balaban J connectivity index is 1.14. The molecule has 0 radical (unpaired) electrons. The smallest absolute Gasteiger partial charge is 0.410 e. The van der Waals surface area contributed by atoms with Crippen molar-refractivity contribution in [1.82, 2.24) is 34.6 Å². The fraction of sp³-hybridized carbons (Fsp3) is 0.500. The lowest BCUT2D eigenvalue weighted by atomic mass is 9.87. The molecule has 16 nitrogen and oxygen atoms in total. The number of nitriles is 1. The zero-order valence-corrected chi connectivity index (χ0v) is 29.1. The van der Waals surface area contributed by atoms with Crippen molar-refractivity contribution in [2.45, 2.75) is 46.1 Å². The monoisotopic (exact) mass is 686 g/mol. The molecule has 0 spiro atoms. The molecular formula is C34H44N11O5+. The van der Waals surface area contributed by atoms with Gasteiger partial charge in [0.25, 0.3) is 0 Å². The molecule has 264 valence electrons. The van der Waals surface area contributed by atoms with Gasteiger partial charge < -0.3 is 30.1 Å². The van der Waals surface area contributed by atoms with Crippen LogP contribution >= 0.6 is 0 Å². The number of ether oxygens (including phenoxy) is 1. The summed E-state index contributed by atoms with van der Waals surface area (Å²) in [4.78, 5) is 69.1. The van der Waals surface area contributed by atoms with E-state index in [4.69, 9.17) is 10.00 Å². The van der Waals surface area contributed by atoms with Gasteiger partial charge in [0, 0.05) is 51.4 Å². The summed E-state index contributed by atoms with van der Waals surface area (Å²) in [6.07, 6.45) is 7.00. The summed E-state index contributed by atoms with van der Waals surface area (Å²) in [7, 11) is 1.86. The summed E-state index contributed by atoms with van der Waals surface area (Å²) >= 11 is 0. The average Bonchev–Trinajstić information content (AvgIpc) is 3.52. The summed E-state index contributed by atoms with van der Waals surface area (Å²) in [6.45, 7) is 10.8. The topological polar surface area (TPSA) is 182 Å². The number of hydrogen-bond donors (Lipinski definition) is 2. The molecule has 2 aliphatic heterocycles. The van der Waals surface area contributed by atoms with Gasteiger partial charge in [0.1, 0.15) is 23.2 Å². The molecule has 2 saturated heterocycles. The van der Waals surface area contributed by atoms with Gasteiger partial charge in [0.15, 0.2) is 5.65 Å². The van der Waals surface area contributed by atoms with Crippen LogP contribution in [0.1, 0.15) is 40.5 Å². The predicted molar refractivity (Wildman–Crippen MR) is 185 cm³/mol. The third-order valence-electron chi connectivity index (χ3n) is 8.74. The molecule has 2 aliphatic rings. The van der Waals surface area contributed by atoms with Gasteiger partial charge >= 0.3 is 17.9 Å². The molecule has 5 heterocycles. The Morgan fingerprint density at radius 1 is 1.06 bits per heavy atom. The quantitative estimate of drug-likeness (QED) is 0.277. The van der Waals surface area contributed by atoms with Crippen molar-refractivity contribution >= 4 is 58.5 Å². The molecule has 0 aromatic carbocycles. The number of nitrogens with zero attached hydrogens (tertiary/aromatic N) is 9. The standard InChI is InChI=1S/C34H43N11O5/c1-23-9-12-44(29(47)8-11-35)21-24(23)20-41(5)30-26-10-13-45(31(26)39-22-38-30)32(48)37-19-28(46)40-27-7-6-25(18-36-27)42-14-16-43(17-15-42)33(49)50-34(2,3)4/h6-7,10,13,18,20,22-24H,8-9,12,14-17,19,21H2,1-5H3,(H-,36,37,40,46,48)/p+1/b41-20-/t23-,24?/m1/s1. The van der Waals surface area contributed by atoms with Crippen LogP contribution in [0.3, 0.4) is 0 Å². The second-order valence-electron chi connectivity index (χ2n) is 13.5. The number of carbonyl (C=O) groups is 4. The second kappa shape index (κ2) is 15.3. The molecule has 2 N–H and O–H groups in total. The second-order valence-corrected chi connectivity index (χ2v) is 13.5. The van der Waals surface area contributed by atoms with Crippen LogP contribution in [-0.2, 0) is 14.3 Å². The number of piperidine rings is 1. The van der Waals surface area contributed by atoms with E-state index in [-0.39, 0.29) is 30.9 Å². The molecule has 0 aliphatic carbocycles. The number of anilines is 2. The Kier molecular flexibility index (Phi) is 10.9. The van der Waals surface area contributed by atoms with Gasteiger partial charge in [-0.05, 0) is 56.3 Å². The first-order valence-electron chi connectivity index (χ1n) is 16.6. The SMILES string of the molecule is C[C@@H]1CCN(C(=O)CC#N)CC1/C=[N+](/C)c1ncnc2c1ccn2C(=O)NCC(=O)Nc1ccc(N2CCN(C(=O)OC(C)(C)C)CC2)cn1. The van der Waals surface area contributed by atoms with Crippen molar-refractivity contribution in [1.29, 1.82) is 5.26 Å². The number of pyridine rings is 1. The molecule has 16 heteroatoms. The maximum atomic E-state index is 13.1. The van der Waals surface area contributed by atoms with Gasteiger partial charge in [0.2, 0.25) is 18.1 Å².